The van der Waals surface area contributed by atoms with Crippen molar-refractivity contribution in [3.8, 4) is 5.88 Å². The number of aromatic nitrogens is 3. The molecule has 0 fully saturated rings. The molecule has 2 heterocycles. The molecule has 0 aliphatic heterocycles. The molecule has 0 atom stereocenters. The van der Waals surface area contributed by atoms with Crippen molar-refractivity contribution < 1.29 is 22.3 Å². The van der Waals surface area contributed by atoms with Gasteiger partial charge in [0.25, 0.3) is 5.56 Å². The predicted molar refractivity (Wildman–Crippen MR) is 66.3 cm³/mol. The summed E-state index contributed by atoms with van der Waals surface area (Å²) in [6.45, 7) is -0.810. The second-order valence-corrected chi connectivity index (χ2v) is 4.53. The Labute approximate surface area is 123 Å². The Balaban J connectivity index is 2.49. The van der Waals surface area contributed by atoms with Crippen LogP contribution in [0.15, 0.2) is 4.79 Å². The minimum Gasteiger partial charge on any atom is -0.477 e. The molecule has 2 aromatic heterocycles. The van der Waals surface area contributed by atoms with Crippen molar-refractivity contribution >= 4 is 34.1 Å². The highest BCUT2D eigenvalue weighted by Gasteiger charge is 2.27. The van der Waals surface area contributed by atoms with E-state index in [0.29, 0.717) is 0 Å². The maximum atomic E-state index is 13.7. The SMILES string of the molecule is O=c1[nH]c(Cl)nc2c(F)c(Cl)nc(OCCC(F)(F)F)c12. The van der Waals surface area contributed by atoms with Crippen LogP contribution in [0.4, 0.5) is 17.6 Å². The number of nitrogens with zero attached hydrogens (tertiary/aromatic N) is 2. The van der Waals surface area contributed by atoms with Gasteiger partial charge in [0.2, 0.25) is 11.2 Å². The van der Waals surface area contributed by atoms with Crippen LogP contribution in [-0.4, -0.2) is 27.7 Å². The summed E-state index contributed by atoms with van der Waals surface area (Å²) in [7, 11) is 0. The van der Waals surface area contributed by atoms with E-state index in [1.165, 1.54) is 0 Å². The zero-order chi connectivity index (χ0) is 15.8. The zero-order valence-electron chi connectivity index (χ0n) is 9.89. The minimum absolute atomic E-state index is 0.407. The number of hydrogen-bond acceptors (Lipinski definition) is 4. The third-order valence-corrected chi connectivity index (χ3v) is 2.75. The Morgan fingerprint density at radius 2 is 1.90 bits per heavy atom. The molecule has 0 unspecified atom stereocenters. The van der Waals surface area contributed by atoms with E-state index in [1.54, 1.807) is 0 Å². The van der Waals surface area contributed by atoms with E-state index >= 15 is 0 Å². The molecule has 0 aliphatic rings. The second kappa shape index (κ2) is 5.64. The summed E-state index contributed by atoms with van der Waals surface area (Å²) in [6, 6.07) is 0. The van der Waals surface area contributed by atoms with E-state index in [9.17, 15) is 22.4 Å². The van der Waals surface area contributed by atoms with Crippen molar-refractivity contribution in [3.05, 3.63) is 26.6 Å². The van der Waals surface area contributed by atoms with E-state index in [0.717, 1.165) is 0 Å². The van der Waals surface area contributed by atoms with E-state index < -0.39 is 57.8 Å². The van der Waals surface area contributed by atoms with Gasteiger partial charge in [0, 0.05) is 0 Å². The Bertz CT molecular complexity index is 748. The Kier molecular flexibility index (Phi) is 4.24. The number of ether oxygens (including phenoxy) is 1. The van der Waals surface area contributed by atoms with Crippen LogP contribution >= 0.6 is 23.2 Å². The van der Waals surface area contributed by atoms with Gasteiger partial charge >= 0.3 is 6.18 Å². The van der Waals surface area contributed by atoms with Crippen molar-refractivity contribution in [3.63, 3.8) is 0 Å². The lowest BCUT2D eigenvalue weighted by Crippen LogP contribution is -2.16. The first-order chi connectivity index (χ1) is 9.69. The van der Waals surface area contributed by atoms with Crippen molar-refractivity contribution in [1.82, 2.24) is 15.0 Å². The maximum absolute atomic E-state index is 13.7. The molecular formula is C10H5Cl2F4N3O2. The van der Waals surface area contributed by atoms with Crippen LogP contribution in [0.25, 0.3) is 10.9 Å². The number of nitrogens with one attached hydrogen (secondary N) is 1. The molecule has 0 saturated carbocycles. The molecule has 0 bridgehead atoms. The molecule has 2 aromatic rings. The largest absolute Gasteiger partial charge is 0.477 e. The number of aromatic amines is 1. The second-order valence-electron chi connectivity index (χ2n) is 3.82. The lowest BCUT2D eigenvalue weighted by molar-refractivity contribution is -0.139. The molecular weight excluding hydrogens is 341 g/mol. The molecule has 114 valence electrons. The Hall–Kier alpha value is -1.61. The quantitative estimate of drug-likeness (QED) is 0.527. The summed E-state index contributed by atoms with van der Waals surface area (Å²) in [5.41, 5.74) is -1.44. The van der Waals surface area contributed by atoms with Crippen LogP contribution in [0.5, 0.6) is 5.88 Å². The molecule has 21 heavy (non-hydrogen) atoms. The van der Waals surface area contributed by atoms with Gasteiger partial charge in [-0.05, 0) is 11.6 Å². The number of H-pyrrole nitrogens is 1. The van der Waals surface area contributed by atoms with E-state index in [4.69, 9.17) is 27.9 Å². The highest BCUT2D eigenvalue weighted by atomic mass is 35.5. The van der Waals surface area contributed by atoms with Gasteiger partial charge in [-0.2, -0.15) is 18.2 Å². The summed E-state index contributed by atoms with van der Waals surface area (Å²) < 4.78 is 54.7. The number of halogens is 6. The zero-order valence-corrected chi connectivity index (χ0v) is 11.4. The highest BCUT2D eigenvalue weighted by molar-refractivity contribution is 6.30. The first kappa shape index (κ1) is 15.8. The number of hydrogen-bond donors (Lipinski definition) is 1. The van der Waals surface area contributed by atoms with Gasteiger partial charge in [0.15, 0.2) is 11.0 Å². The van der Waals surface area contributed by atoms with Gasteiger partial charge in [0.1, 0.15) is 10.9 Å². The average Bonchev–Trinajstić information content (AvgIpc) is 2.33. The smallest absolute Gasteiger partial charge is 0.392 e. The third kappa shape index (κ3) is 3.53. The number of pyridine rings is 1. The fourth-order valence-corrected chi connectivity index (χ4v) is 1.80. The van der Waals surface area contributed by atoms with Gasteiger partial charge in [-0.15, -0.1) is 0 Å². The van der Waals surface area contributed by atoms with Crippen LogP contribution in [0, 0.1) is 5.82 Å². The number of alkyl halides is 3. The number of fused-ring (bicyclic) bond motifs is 1. The van der Waals surface area contributed by atoms with Crippen LogP contribution < -0.4 is 10.3 Å². The van der Waals surface area contributed by atoms with Crippen LogP contribution in [0.1, 0.15) is 6.42 Å². The lowest BCUT2D eigenvalue weighted by Gasteiger charge is -2.10. The van der Waals surface area contributed by atoms with E-state index in [2.05, 4.69) is 15.0 Å². The van der Waals surface area contributed by atoms with Gasteiger partial charge in [-0.1, -0.05) is 11.6 Å². The molecule has 0 aliphatic carbocycles. The maximum Gasteiger partial charge on any atom is 0.392 e. The van der Waals surface area contributed by atoms with Gasteiger partial charge in [-0.25, -0.2) is 9.37 Å². The van der Waals surface area contributed by atoms with Crippen molar-refractivity contribution in [2.75, 3.05) is 6.61 Å². The van der Waals surface area contributed by atoms with Crippen molar-refractivity contribution in [1.29, 1.82) is 0 Å². The van der Waals surface area contributed by atoms with E-state index in [1.807, 2.05) is 0 Å². The summed E-state index contributed by atoms with van der Waals surface area (Å²) >= 11 is 11.0. The molecule has 0 aromatic carbocycles. The van der Waals surface area contributed by atoms with Gasteiger partial charge in [0.05, 0.1) is 13.0 Å². The summed E-state index contributed by atoms with van der Waals surface area (Å²) in [5, 5.41) is -1.57. The standard InChI is InChI=1S/C10H5Cl2F4N3O2/c11-6-4(13)5-3(7(20)19-9(12)17-5)8(18-6)21-2-1-10(14,15)16/h1-2H2,(H,17,19,20). The molecule has 5 nitrogen and oxygen atoms in total. The summed E-state index contributed by atoms with van der Waals surface area (Å²) in [6.07, 6.45) is -5.72. The van der Waals surface area contributed by atoms with E-state index in [-0.39, 0.29) is 0 Å². The minimum atomic E-state index is -4.45. The Morgan fingerprint density at radius 3 is 2.52 bits per heavy atom. The molecule has 0 spiro atoms. The van der Waals surface area contributed by atoms with Crippen LogP contribution in [0.2, 0.25) is 10.4 Å². The molecule has 0 radical (unpaired) electrons. The Morgan fingerprint density at radius 1 is 1.24 bits per heavy atom. The third-order valence-electron chi connectivity index (χ3n) is 2.32. The highest BCUT2D eigenvalue weighted by Crippen LogP contribution is 2.28. The molecule has 2 rings (SSSR count). The topological polar surface area (TPSA) is 67.9 Å². The molecule has 0 saturated heterocycles. The normalized spacial score (nSPS) is 11.9. The van der Waals surface area contributed by atoms with Crippen molar-refractivity contribution in [2.24, 2.45) is 0 Å². The average molecular weight is 346 g/mol. The predicted octanol–water partition coefficient (Wildman–Crippen LogP) is 3.10. The summed E-state index contributed by atoms with van der Waals surface area (Å²) in [4.78, 5) is 20.7. The van der Waals surface area contributed by atoms with Gasteiger partial charge in [-0.3, -0.25) is 9.78 Å². The lowest BCUT2D eigenvalue weighted by atomic mass is 10.3. The summed E-state index contributed by atoms with van der Waals surface area (Å²) in [5.74, 6) is -1.67. The molecule has 0 amide bonds. The molecule has 11 heteroatoms. The van der Waals surface area contributed by atoms with Crippen LogP contribution in [0.3, 0.4) is 0 Å². The van der Waals surface area contributed by atoms with Crippen molar-refractivity contribution in [2.45, 2.75) is 12.6 Å². The fourth-order valence-electron chi connectivity index (χ4n) is 1.46. The fraction of sp³-hybridized carbons (Fsp3) is 0.300. The monoisotopic (exact) mass is 345 g/mol. The number of rotatable bonds is 3. The van der Waals surface area contributed by atoms with Gasteiger partial charge < -0.3 is 4.74 Å². The first-order valence-electron chi connectivity index (χ1n) is 5.33. The first-order valence-corrected chi connectivity index (χ1v) is 6.08. The van der Waals surface area contributed by atoms with Crippen LogP contribution in [-0.2, 0) is 0 Å². The molecule has 1 N–H and O–H groups in total.